The van der Waals surface area contributed by atoms with Crippen molar-refractivity contribution in [3.05, 3.63) is 0 Å². The maximum absolute atomic E-state index is 8.09. The van der Waals surface area contributed by atoms with Crippen LogP contribution in [-0.2, 0) is 0 Å². The van der Waals surface area contributed by atoms with Gasteiger partial charge >= 0.3 is 0 Å². The van der Waals surface area contributed by atoms with Gasteiger partial charge in [0, 0.05) is 0 Å². The molecule has 0 saturated heterocycles. The Hall–Kier alpha value is -1.50. The van der Waals surface area contributed by atoms with E-state index in [1.807, 2.05) is 0 Å². The van der Waals surface area contributed by atoms with E-state index in [9.17, 15) is 0 Å². The van der Waals surface area contributed by atoms with Gasteiger partial charge in [0.1, 0.15) is 0 Å². The van der Waals surface area contributed by atoms with Crippen LogP contribution in [0.4, 0.5) is 0 Å². The lowest BCUT2D eigenvalue weighted by Crippen LogP contribution is -2.35. The smallest absolute Gasteiger partial charge is 0.215 e. The number of hydrogen-bond donors (Lipinski definition) is 5. The number of oxime groups is 1. The molecule has 0 heterocycles. The fourth-order valence-electron chi connectivity index (χ4n) is 0.200. The minimum Gasteiger partial charge on any atom is -0.409 e. The largest absolute Gasteiger partial charge is 0.409 e. The number of nitrogens with one attached hydrogen (secondary N) is 1. The Morgan fingerprint density at radius 1 is 1.56 bits per heavy atom. The molecule has 0 aromatic carbocycles. The van der Waals surface area contributed by atoms with Gasteiger partial charge in [0.05, 0.1) is 0 Å². The summed E-state index contributed by atoms with van der Waals surface area (Å²) in [5.41, 5.74) is 6.42. The summed E-state index contributed by atoms with van der Waals surface area (Å²) in [6.45, 7) is 0. The second kappa shape index (κ2) is 3.50. The van der Waals surface area contributed by atoms with Crippen molar-refractivity contribution in [2.45, 2.75) is 0 Å². The number of hydrogen-bond acceptors (Lipinski definition) is 5. The number of nitrogens with two attached hydrogens (primary N) is 2. The van der Waals surface area contributed by atoms with E-state index in [0.717, 1.165) is 0 Å². The molecule has 0 amide bonds. The Morgan fingerprint density at radius 2 is 2.11 bits per heavy atom. The van der Waals surface area contributed by atoms with Crippen LogP contribution in [0.25, 0.3) is 0 Å². The number of rotatable bonds is 0. The van der Waals surface area contributed by atoms with E-state index in [0.29, 0.717) is 0 Å². The molecular formula is C2H7N5O2. The maximum Gasteiger partial charge on any atom is 0.215 e. The third kappa shape index (κ3) is 1.82. The van der Waals surface area contributed by atoms with Gasteiger partial charge < -0.3 is 16.8 Å². The topological polar surface area (TPSA) is 129 Å². The first kappa shape index (κ1) is 7.50. The summed E-state index contributed by atoms with van der Waals surface area (Å²) >= 11 is 0. The monoisotopic (exact) mass is 133 g/mol. The minimum atomic E-state index is -0.389. The van der Waals surface area contributed by atoms with Gasteiger partial charge in [-0.3, -0.25) is 5.21 Å². The SMILES string of the molecule is N/N=C(NO)\C(N)=N\O. The summed E-state index contributed by atoms with van der Waals surface area (Å²) < 4.78 is 0. The lowest BCUT2D eigenvalue weighted by Gasteiger charge is -1.96. The average Bonchev–Trinajstić information content (AvgIpc) is 1.90. The Labute approximate surface area is 50.6 Å². The van der Waals surface area contributed by atoms with Crippen LogP contribution in [0, 0.1) is 0 Å². The highest BCUT2D eigenvalue weighted by Gasteiger charge is 2.00. The predicted molar refractivity (Wildman–Crippen MR) is 30.0 cm³/mol. The van der Waals surface area contributed by atoms with Crippen LogP contribution >= 0.6 is 0 Å². The number of hydroxylamine groups is 1. The van der Waals surface area contributed by atoms with E-state index < -0.39 is 0 Å². The molecule has 0 aromatic heterocycles. The summed E-state index contributed by atoms with van der Waals surface area (Å²) in [6, 6.07) is 0. The van der Waals surface area contributed by atoms with Crippen LogP contribution in [-0.4, -0.2) is 22.1 Å². The number of hydrazone groups is 1. The molecule has 52 valence electrons. The summed E-state index contributed by atoms with van der Waals surface area (Å²) in [5, 5.41) is 21.4. The van der Waals surface area contributed by atoms with E-state index in [4.69, 9.17) is 16.1 Å². The zero-order valence-electron chi connectivity index (χ0n) is 4.44. The van der Waals surface area contributed by atoms with Crippen molar-refractivity contribution in [3.8, 4) is 0 Å². The highest BCUT2D eigenvalue weighted by Crippen LogP contribution is 1.67. The first-order valence-electron chi connectivity index (χ1n) is 1.92. The van der Waals surface area contributed by atoms with Gasteiger partial charge in [0.25, 0.3) is 0 Å². The Kier molecular flexibility index (Phi) is 2.91. The first-order chi connectivity index (χ1) is 4.26. The summed E-state index contributed by atoms with van der Waals surface area (Å²) in [5.74, 6) is 3.97. The van der Waals surface area contributed by atoms with Crippen molar-refractivity contribution in [1.82, 2.24) is 5.48 Å². The molecule has 0 rings (SSSR count). The van der Waals surface area contributed by atoms with Crippen molar-refractivity contribution >= 4 is 11.7 Å². The maximum atomic E-state index is 8.09. The molecule has 0 spiro atoms. The Bertz CT molecular complexity index is 140. The van der Waals surface area contributed by atoms with E-state index in [-0.39, 0.29) is 11.7 Å². The highest BCUT2D eigenvalue weighted by molar-refractivity contribution is 6.39. The van der Waals surface area contributed by atoms with Crippen molar-refractivity contribution in [1.29, 1.82) is 0 Å². The third-order valence-corrected chi connectivity index (χ3v) is 0.585. The zero-order chi connectivity index (χ0) is 7.28. The fourth-order valence-corrected chi connectivity index (χ4v) is 0.200. The molecule has 7 nitrogen and oxygen atoms in total. The summed E-state index contributed by atoms with van der Waals surface area (Å²) in [7, 11) is 0. The molecule has 0 fully saturated rings. The van der Waals surface area contributed by atoms with Crippen LogP contribution < -0.4 is 17.1 Å². The van der Waals surface area contributed by atoms with Gasteiger partial charge in [-0.1, -0.05) is 5.16 Å². The molecule has 0 aromatic rings. The molecule has 0 radical (unpaired) electrons. The van der Waals surface area contributed by atoms with E-state index >= 15 is 0 Å². The molecule has 0 aliphatic rings. The molecule has 0 atom stereocenters. The second-order valence-corrected chi connectivity index (χ2v) is 1.07. The van der Waals surface area contributed by atoms with Gasteiger partial charge in [0.15, 0.2) is 0 Å². The van der Waals surface area contributed by atoms with Crippen molar-refractivity contribution in [2.75, 3.05) is 0 Å². The van der Waals surface area contributed by atoms with E-state index in [1.54, 1.807) is 0 Å². The lowest BCUT2D eigenvalue weighted by molar-refractivity contribution is 0.235. The number of amidine groups is 2. The van der Waals surface area contributed by atoms with Gasteiger partial charge in [-0.15, -0.1) is 0 Å². The van der Waals surface area contributed by atoms with Crippen LogP contribution in [0.5, 0.6) is 0 Å². The molecule has 7 heteroatoms. The second-order valence-electron chi connectivity index (χ2n) is 1.07. The predicted octanol–water partition coefficient (Wildman–Crippen LogP) is -2.02. The van der Waals surface area contributed by atoms with E-state index in [1.165, 1.54) is 5.48 Å². The zero-order valence-corrected chi connectivity index (χ0v) is 4.44. The van der Waals surface area contributed by atoms with Crippen LogP contribution in [0.2, 0.25) is 0 Å². The molecule has 9 heavy (non-hydrogen) atoms. The first-order valence-corrected chi connectivity index (χ1v) is 1.92. The molecular weight excluding hydrogens is 126 g/mol. The molecule has 0 unspecified atom stereocenters. The quantitative estimate of drug-likeness (QED) is 0.0856. The Balaban J connectivity index is 4.14. The van der Waals surface area contributed by atoms with Gasteiger partial charge in [-0.25, -0.2) is 5.48 Å². The standard InChI is InChI=1S/C2H7N5O2/c3-1(6-8)2(5-4)7-9/h8-9H,4H2,(H2,3,6)(H,5,7). The lowest BCUT2D eigenvalue weighted by atomic mass is 10.6. The van der Waals surface area contributed by atoms with Crippen molar-refractivity contribution in [3.63, 3.8) is 0 Å². The fraction of sp³-hybridized carbons (Fsp3) is 0. The molecule has 0 aliphatic heterocycles. The van der Waals surface area contributed by atoms with Crippen LogP contribution in [0.3, 0.4) is 0 Å². The van der Waals surface area contributed by atoms with Gasteiger partial charge in [0.2, 0.25) is 11.7 Å². The van der Waals surface area contributed by atoms with E-state index in [2.05, 4.69) is 16.1 Å². The normalized spacial score (nSPS) is 13.4. The third-order valence-electron chi connectivity index (χ3n) is 0.585. The van der Waals surface area contributed by atoms with Crippen molar-refractivity contribution in [2.24, 2.45) is 21.8 Å². The van der Waals surface area contributed by atoms with Crippen molar-refractivity contribution < 1.29 is 10.4 Å². The molecule has 7 N–H and O–H groups in total. The molecule has 0 bridgehead atoms. The van der Waals surface area contributed by atoms with Crippen LogP contribution in [0.1, 0.15) is 0 Å². The summed E-state index contributed by atoms with van der Waals surface area (Å²) in [4.78, 5) is 0. The van der Waals surface area contributed by atoms with Gasteiger partial charge in [-0.05, 0) is 0 Å². The number of nitrogens with zero attached hydrogens (tertiary/aromatic N) is 2. The minimum absolute atomic E-state index is 0.294. The highest BCUT2D eigenvalue weighted by atomic mass is 16.5. The van der Waals surface area contributed by atoms with Crippen LogP contribution in [0.15, 0.2) is 10.3 Å². The van der Waals surface area contributed by atoms with Gasteiger partial charge in [-0.2, -0.15) is 5.10 Å². The average molecular weight is 133 g/mol. The molecule has 0 aliphatic carbocycles. The Morgan fingerprint density at radius 3 is 2.22 bits per heavy atom. The summed E-state index contributed by atoms with van der Waals surface area (Å²) in [6.07, 6.45) is 0. The molecule has 0 saturated carbocycles.